The molecule has 0 unspecified atom stereocenters. The zero-order valence-corrected chi connectivity index (χ0v) is 14.3. The molecular formula is C17H15ClN2O5. The molecule has 0 radical (unpaired) electrons. The highest BCUT2D eigenvalue weighted by Gasteiger charge is 2.17. The number of esters is 1. The van der Waals surface area contributed by atoms with Gasteiger partial charge in [-0.15, -0.1) is 0 Å². The smallest absolute Gasteiger partial charge is 0.338 e. The Morgan fingerprint density at radius 2 is 1.96 bits per heavy atom. The van der Waals surface area contributed by atoms with Crippen LogP contribution >= 0.6 is 11.6 Å². The molecule has 0 aliphatic rings. The monoisotopic (exact) mass is 362 g/mol. The van der Waals surface area contributed by atoms with E-state index in [9.17, 15) is 19.7 Å². The van der Waals surface area contributed by atoms with Crippen LogP contribution < -0.4 is 5.32 Å². The van der Waals surface area contributed by atoms with E-state index in [1.165, 1.54) is 12.1 Å². The fourth-order valence-electron chi connectivity index (χ4n) is 2.08. The molecule has 0 aliphatic carbocycles. The molecule has 25 heavy (non-hydrogen) atoms. The average molecular weight is 363 g/mol. The topological polar surface area (TPSA) is 98.5 Å². The van der Waals surface area contributed by atoms with Crippen molar-refractivity contribution in [3.8, 4) is 0 Å². The lowest BCUT2D eigenvalue weighted by atomic mass is 10.1. The summed E-state index contributed by atoms with van der Waals surface area (Å²) in [6.45, 7) is 2.79. The molecular weight excluding hydrogens is 348 g/mol. The summed E-state index contributed by atoms with van der Waals surface area (Å²) in [5, 5.41) is 14.0. The van der Waals surface area contributed by atoms with Gasteiger partial charge in [-0.05, 0) is 37.6 Å². The fraction of sp³-hybridized carbons (Fsp3) is 0.176. The number of aryl methyl sites for hydroxylation is 1. The van der Waals surface area contributed by atoms with Crippen molar-refractivity contribution in [3.63, 3.8) is 0 Å². The van der Waals surface area contributed by atoms with Crippen LogP contribution in [0.1, 0.15) is 21.5 Å². The van der Waals surface area contributed by atoms with E-state index in [2.05, 4.69) is 5.32 Å². The maximum Gasteiger partial charge on any atom is 0.338 e. The first-order valence-electron chi connectivity index (χ1n) is 7.26. The number of amides is 1. The first-order valence-corrected chi connectivity index (χ1v) is 7.64. The number of benzene rings is 2. The summed E-state index contributed by atoms with van der Waals surface area (Å²) in [4.78, 5) is 34.2. The van der Waals surface area contributed by atoms with Gasteiger partial charge in [0.2, 0.25) is 0 Å². The van der Waals surface area contributed by atoms with E-state index < -0.39 is 23.4 Å². The first-order chi connectivity index (χ1) is 11.8. The molecule has 0 heterocycles. The van der Waals surface area contributed by atoms with Gasteiger partial charge in [-0.1, -0.05) is 23.7 Å². The first kappa shape index (κ1) is 18.4. The second-order valence-corrected chi connectivity index (χ2v) is 5.70. The standard InChI is InChI=1S/C17H15ClN2O5/c1-10-6-7-12(8-15(10)20(23)24)17(22)25-9-16(21)19-14-5-3-4-13(18)11(14)2/h3-8H,9H2,1-2H3,(H,19,21). The molecule has 0 bridgehead atoms. The average Bonchev–Trinajstić information content (AvgIpc) is 2.57. The minimum Gasteiger partial charge on any atom is -0.452 e. The highest BCUT2D eigenvalue weighted by molar-refractivity contribution is 6.31. The van der Waals surface area contributed by atoms with Crippen LogP contribution in [-0.2, 0) is 9.53 Å². The van der Waals surface area contributed by atoms with Gasteiger partial charge in [0.15, 0.2) is 6.61 Å². The fourth-order valence-corrected chi connectivity index (χ4v) is 2.25. The van der Waals surface area contributed by atoms with Gasteiger partial charge < -0.3 is 10.1 Å². The molecule has 0 fully saturated rings. The maximum absolute atomic E-state index is 12.0. The van der Waals surface area contributed by atoms with Crippen LogP contribution in [0.5, 0.6) is 0 Å². The van der Waals surface area contributed by atoms with Crippen LogP contribution in [-0.4, -0.2) is 23.4 Å². The molecule has 8 heteroatoms. The van der Waals surface area contributed by atoms with Crippen LogP contribution in [0.25, 0.3) is 0 Å². The summed E-state index contributed by atoms with van der Waals surface area (Å²) in [7, 11) is 0. The van der Waals surface area contributed by atoms with Gasteiger partial charge in [-0.2, -0.15) is 0 Å². The number of nitro benzene ring substituents is 1. The van der Waals surface area contributed by atoms with Gasteiger partial charge in [-0.3, -0.25) is 14.9 Å². The van der Waals surface area contributed by atoms with Crippen molar-refractivity contribution in [1.29, 1.82) is 0 Å². The Bertz CT molecular complexity index is 851. The molecule has 0 atom stereocenters. The van der Waals surface area contributed by atoms with Gasteiger partial charge in [-0.25, -0.2) is 4.79 Å². The zero-order valence-electron chi connectivity index (χ0n) is 13.5. The number of hydrogen-bond donors (Lipinski definition) is 1. The van der Waals surface area contributed by atoms with Crippen molar-refractivity contribution in [2.24, 2.45) is 0 Å². The van der Waals surface area contributed by atoms with Gasteiger partial charge in [0, 0.05) is 22.3 Å². The van der Waals surface area contributed by atoms with Crippen molar-refractivity contribution in [2.45, 2.75) is 13.8 Å². The highest BCUT2D eigenvalue weighted by atomic mass is 35.5. The van der Waals surface area contributed by atoms with Gasteiger partial charge in [0.25, 0.3) is 11.6 Å². The summed E-state index contributed by atoms with van der Waals surface area (Å²) < 4.78 is 4.90. The largest absolute Gasteiger partial charge is 0.452 e. The van der Waals surface area contributed by atoms with Crippen molar-refractivity contribution in [2.75, 3.05) is 11.9 Å². The molecule has 2 aromatic carbocycles. The number of carbonyl (C=O) groups is 2. The molecule has 0 saturated heterocycles. The number of nitrogens with one attached hydrogen (secondary N) is 1. The van der Waals surface area contributed by atoms with E-state index in [1.807, 2.05) is 0 Å². The number of nitrogens with zero attached hydrogens (tertiary/aromatic N) is 1. The molecule has 7 nitrogen and oxygen atoms in total. The molecule has 1 N–H and O–H groups in total. The van der Waals surface area contributed by atoms with Gasteiger partial charge >= 0.3 is 5.97 Å². The van der Waals surface area contributed by atoms with E-state index in [0.29, 0.717) is 21.8 Å². The lowest BCUT2D eigenvalue weighted by Crippen LogP contribution is -2.21. The Morgan fingerprint density at radius 1 is 1.24 bits per heavy atom. The number of halogens is 1. The Labute approximate surface area is 148 Å². The van der Waals surface area contributed by atoms with Crippen molar-refractivity contribution >= 4 is 34.9 Å². The maximum atomic E-state index is 12.0. The lowest BCUT2D eigenvalue weighted by molar-refractivity contribution is -0.385. The van der Waals surface area contributed by atoms with Crippen LogP contribution in [0.2, 0.25) is 5.02 Å². The minimum atomic E-state index is -0.818. The quantitative estimate of drug-likeness (QED) is 0.497. The number of nitro groups is 1. The number of anilines is 1. The summed E-state index contributed by atoms with van der Waals surface area (Å²) in [6, 6.07) is 9.02. The minimum absolute atomic E-state index is 0.00374. The third-order valence-electron chi connectivity index (χ3n) is 3.52. The molecule has 0 spiro atoms. The van der Waals surface area contributed by atoms with Crippen LogP contribution in [0.4, 0.5) is 11.4 Å². The third-order valence-corrected chi connectivity index (χ3v) is 3.93. The predicted molar refractivity (Wildman–Crippen MR) is 92.9 cm³/mol. The number of rotatable bonds is 5. The summed E-state index contributed by atoms with van der Waals surface area (Å²) in [5.74, 6) is -1.36. The zero-order chi connectivity index (χ0) is 18.6. The van der Waals surface area contributed by atoms with E-state index in [4.69, 9.17) is 16.3 Å². The molecule has 2 rings (SSSR count). The molecule has 0 aromatic heterocycles. The van der Waals surface area contributed by atoms with E-state index in [1.54, 1.807) is 32.0 Å². The molecule has 0 aliphatic heterocycles. The van der Waals surface area contributed by atoms with Crippen molar-refractivity contribution < 1.29 is 19.2 Å². The third kappa shape index (κ3) is 4.54. The molecule has 1 amide bonds. The molecule has 130 valence electrons. The lowest BCUT2D eigenvalue weighted by Gasteiger charge is -2.10. The Hall–Kier alpha value is -2.93. The summed E-state index contributed by atoms with van der Waals surface area (Å²) in [5.41, 5.74) is 1.45. The predicted octanol–water partition coefficient (Wildman–Crippen LogP) is 3.66. The SMILES string of the molecule is Cc1ccc(C(=O)OCC(=O)Nc2cccc(Cl)c2C)cc1[N+](=O)[O-]. The summed E-state index contributed by atoms with van der Waals surface area (Å²) in [6.07, 6.45) is 0. The van der Waals surface area contributed by atoms with Gasteiger partial charge in [0.05, 0.1) is 10.5 Å². The van der Waals surface area contributed by atoms with Crippen LogP contribution in [0.15, 0.2) is 36.4 Å². The number of ether oxygens (including phenoxy) is 1. The Morgan fingerprint density at radius 3 is 2.64 bits per heavy atom. The van der Waals surface area contributed by atoms with Crippen molar-refractivity contribution in [1.82, 2.24) is 0 Å². The molecule has 2 aromatic rings. The van der Waals surface area contributed by atoms with Crippen molar-refractivity contribution in [3.05, 3.63) is 68.2 Å². The Balaban J connectivity index is 2.00. The van der Waals surface area contributed by atoms with E-state index in [0.717, 1.165) is 6.07 Å². The second kappa shape index (κ2) is 7.76. The summed E-state index contributed by atoms with van der Waals surface area (Å²) >= 11 is 5.97. The van der Waals surface area contributed by atoms with Crippen LogP contribution in [0.3, 0.4) is 0 Å². The second-order valence-electron chi connectivity index (χ2n) is 5.30. The Kier molecular flexibility index (Phi) is 5.71. The molecule has 0 saturated carbocycles. The normalized spacial score (nSPS) is 10.2. The highest BCUT2D eigenvalue weighted by Crippen LogP contribution is 2.23. The number of carbonyl (C=O) groups excluding carboxylic acids is 2. The van der Waals surface area contributed by atoms with E-state index >= 15 is 0 Å². The van der Waals surface area contributed by atoms with E-state index in [-0.39, 0.29) is 11.3 Å². The van der Waals surface area contributed by atoms with Gasteiger partial charge in [0.1, 0.15) is 0 Å². The van der Waals surface area contributed by atoms with Crippen LogP contribution in [0, 0.1) is 24.0 Å². The number of hydrogen-bond acceptors (Lipinski definition) is 5.